The first-order chi connectivity index (χ1) is 12.0. The second kappa shape index (κ2) is 6.25. The van der Waals surface area contributed by atoms with Crippen molar-refractivity contribution in [3.8, 4) is 0 Å². The minimum absolute atomic E-state index is 0.00229. The van der Waals surface area contributed by atoms with Gasteiger partial charge >= 0.3 is 0 Å². The molecule has 0 atom stereocenters. The van der Waals surface area contributed by atoms with Gasteiger partial charge in [-0.15, -0.1) is 11.8 Å². The number of nitro benzene ring substituents is 1. The van der Waals surface area contributed by atoms with Crippen molar-refractivity contribution in [2.24, 2.45) is 0 Å². The van der Waals surface area contributed by atoms with Gasteiger partial charge in [0.15, 0.2) is 5.78 Å². The third-order valence-electron chi connectivity index (χ3n) is 4.73. The van der Waals surface area contributed by atoms with Crippen molar-refractivity contribution in [2.75, 3.05) is 10.7 Å². The Labute approximate surface area is 156 Å². The fourth-order valence-electron chi connectivity index (χ4n) is 3.64. The number of benzene rings is 1. The second-order valence-corrected chi connectivity index (χ2v) is 8.20. The lowest BCUT2D eigenvalue weighted by molar-refractivity contribution is -0.384. The number of carbonyl (C=O) groups excluding carboxylic acids is 1. The van der Waals surface area contributed by atoms with Gasteiger partial charge in [0.05, 0.1) is 26.2 Å². The maximum Gasteiger partial charge on any atom is 0.296 e. The highest BCUT2D eigenvalue weighted by molar-refractivity contribution is 9.10. The first kappa shape index (κ1) is 16.8. The van der Waals surface area contributed by atoms with Gasteiger partial charge in [-0.3, -0.25) is 19.8 Å². The Kier molecular flexibility index (Phi) is 4.19. The summed E-state index contributed by atoms with van der Waals surface area (Å²) >= 11 is 4.74. The van der Waals surface area contributed by atoms with Gasteiger partial charge in [0.2, 0.25) is 0 Å². The van der Waals surface area contributed by atoms with Crippen LogP contribution >= 0.6 is 27.7 Å². The van der Waals surface area contributed by atoms with Crippen LogP contribution in [0.2, 0.25) is 0 Å². The van der Waals surface area contributed by atoms with Crippen molar-refractivity contribution >= 4 is 44.8 Å². The molecule has 0 N–H and O–H groups in total. The first-order valence-electron chi connectivity index (χ1n) is 8.01. The zero-order chi connectivity index (χ0) is 17.7. The van der Waals surface area contributed by atoms with Gasteiger partial charge in [-0.1, -0.05) is 0 Å². The number of anilines is 1. The van der Waals surface area contributed by atoms with Gasteiger partial charge in [0, 0.05) is 6.42 Å². The van der Waals surface area contributed by atoms with Crippen LogP contribution in [-0.4, -0.2) is 16.5 Å². The molecule has 1 aliphatic carbocycles. The van der Waals surface area contributed by atoms with Gasteiger partial charge in [0.1, 0.15) is 11.5 Å². The Morgan fingerprint density at radius 3 is 2.80 bits per heavy atom. The molecule has 0 amide bonds. The van der Waals surface area contributed by atoms with E-state index in [4.69, 9.17) is 0 Å². The molecule has 0 saturated carbocycles. The van der Waals surface area contributed by atoms with Crippen molar-refractivity contribution in [2.45, 2.75) is 32.1 Å². The monoisotopic (exact) mass is 424 g/mol. The van der Waals surface area contributed by atoms with E-state index in [1.165, 1.54) is 11.6 Å². The average molecular weight is 425 g/mol. The predicted molar refractivity (Wildman–Crippen MR) is 97.8 cm³/mol. The van der Waals surface area contributed by atoms with Crippen LogP contribution in [-0.2, 0) is 4.79 Å². The third-order valence-corrected chi connectivity index (χ3v) is 6.57. The molecule has 0 saturated heterocycles. The van der Waals surface area contributed by atoms with Crippen molar-refractivity contribution in [1.29, 1.82) is 0 Å². The SMILES string of the molecule is O=C1CCC2=C1N(c1cc(Br)c(F)cc1[N+](=O)[O-])C1=C(CCCS1)C2. The molecule has 5 nitrogen and oxygen atoms in total. The van der Waals surface area contributed by atoms with Crippen molar-refractivity contribution in [1.82, 2.24) is 0 Å². The number of thioether (sulfide) groups is 1. The number of rotatable bonds is 2. The quantitative estimate of drug-likeness (QED) is 0.490. The van der Waals surface area contributed by atoms with E-state index in [-0.39, 0.29) is 21.6 Å². The van der Waals surface area contributed by atoms with E-state index in [1.54, 1.807) is 16.7 Å². The fraction of sp³-hybridized carbons (Fsp3) is 0.353. The normalized spacial score (nSPS) is 20.1. The molecule has 0 unspecified atom stereocenters. The largest absolute Gasteiger partial charge is 0.296 e. The smallest absolute Gasteiger partial charge is 0.295 e. The van der Waals surface area contributed by atoms with E-state index in [0.29, 0.717) is 18.5 Å². The lowest BCUT2D eigenvalue weighted by Crippen LogP contribution is -2.30. The maximum absolute atomic E-state index is 13.9. The molecule has 8 heteroatoms. The number of ketones is 1. The van der Waals surface area contributed by atoms with E-state index in [0.717, 1.165) is 41.7 Å². The summed E-state index contributed by atoms with van der Waals surface area (Å²) in [7, 11) is 0. The summed E-state index contributed by atoms with van der Waals surface area (Å²) in [5.74, 6) is 0.217. The minimum Gasteiger partial charge on any atom is -0.295 e. The number of carbonyl (C=O) groups is 1. The zero-order valence-corrected chi connectivity index (χ0v) is 15.6. The Morgan fingerprint density at radius 1 is 1.24 bits per heavy atom. The summed E-state index contributed by atoms with van der Waals surface area (Å²) in [5.41, 5.74) is 2.74. The van der Waals surface area contributed by atoms with Gasteiger partial charge in [0.25, 0.3) is 5.69 Å². The van der Waals surface area contributed by atoms with Crippen LogP contribution in [0.4, 0.5) is 15.8 Å². The predicted octanol–water partition coefficient (Wildman–Crippen LogP) is 5.06. The Morgan fingerprint density at radius 2 is 2.04 bits per heavy atom. The van der Waals surface area contributed by atoms with Gasteiger partial charge < -0.3 is 0 Å². The van der Waals surface area contributed by atoms with E-state index in [2.05, 4.69) is 15.9 Å². The summed E-state index contributed by atoms with van der Waals surface area (Å²) in [4.78, 5) is 25.2. The van der Waals surface area contributed by atoms with Crippen LogP contribution in [0.1, 0.15) is 32.1 Å². The lowest BCUT2D eigenvalue weighted by atomic mass is 9.96. The van der Waals surface area contributed by atoms with E-state index in [1.807, 2.05) is 0 Å². The van der Waals surface area contributed by atoms with Crippen LogP contribution in [0.25, 0.3) is 0 Å². The highest BCUT2D eigenvalue weighted by Crippen LogP contribution is 2.50. The van der Waals surface area contributed by atoms with Crippen LogP contribution in [0, 0.1) is 15.9 Å². The fourth-order valence-corrected chi connectivity index (χ4v) is 5.15. The Balaban J connectivity index is 1.96. The molecule has 0 radical (unpaired) electrons. The molecule has 2 heterocycles. The lowest BCUT2D eigenvalue weighted by Gasteiger charge is -2.36. The molecule has 3 aliphatic rings. The number of halogens is 2. The number of hydrogen-bond acceptors (Lipinski definition) is 5. The van der Waals surface area contributed by atoms with Crippen LogP contribution in [0.3, 0.4) is 0 Å². The number of Topliss-reactive ketones (excluding diaryl/α,β-unsaturated/α-hetero) is 1. The first-order valence-corrected chi connectivity index (χ1v) is 9.79. The number of allylic oxidation sites excluding steroid dienone is 3. The summed E-state index contributed by atoms with van der Waals surface area (Å²) in [6.07, 6.45) is 3.89. The van der Waals surface area contributed by atoms with Gasteiger partial charge in [-0.25, -0.2) is 4.39 Å². The summed E-state index contributed by atoms with van der Waals surface area (Å²) in [6, 6.07) is 2.33. The molecule has 1 aromatic carbocycles. The zero-order valence-electron chi connectivity index (χ0n) is 13.2. The molecule has 0 bridgehead atoms. The van der Waals surface area contributed by atoms with Crippen molar-refractivity contribution in [3.63, 3.8) is 0 Å². The maximum atomic E-state index is 13.9. The number of hydrogen-bond donors (Lipinski definition) is 0. The molecule has 0 spiro atoms. The number of nitro groups is 1. The second-order valence-electron chi connectivity index (χ2n) is 6.26. The van der Waals surface area contributed by atoms with Crippen LogP contribution in [0.15, 0.2) is 38.5 Å². The van der Waals surface area contributed by atoms with E-state index >= 15 is 0 Å². The van der Waals surface area contributed by atoms with Gasteiger partial charge in [-0.05, 0) is 64.6 Å². The number of nitrogens with zero attached hydrogens (tertiary/aromatic N) is 2. The molecule has 4 rings (SSSR count). The third kappa shape index (κ3) is 2.71. The molecular weight excluding hydrogens is 411 g/mol. The molecular formula is C17H14BrFN2O3S. The molecule has 0 fully saturated rings. The standard InChI is InChI=1S/C17H14BrFN2O3S/c18-11-7-13(14(21(23)24)8-12(11)19)20-16-9(3-4-15(16)22)6-10-2-1-5-25-17(10)20/h7-8H,1-6H2. The summed E-state index contributed by atoms with van der Waals surface area (Å²) < 4.78 is 14.0. The van der Waals surface area contributed by atoms with Crippen molar-refractivity contribution in [3.05, 3.63) is 54.4 Å². The van der Waals surface area contributed by atoms with Crippen molar-refractivity contribution < 1.29 is 14.1 Å². The Bertz CT molecular complexity index is 881. The molecule has 25 heavy (non-hydrogen) atoms. The molecule has 130 valence electrons. The molecule has 2 aliphatic heterocycles. The Hall–Kier alpha value is -1.67. The topological polar surface area (TPSA) is 63.5 Å². The summed E-state index contributed by atoms with van der Waals surface area (Å²) in [6.45, 7) is 0. The van der Waals surface area contributed by atoms with E-state index < -0.39 is 10.7 Å². The van der Waals surface area contributed by atoms with Crippen LogP contribution < -0.4 is 4.90 Å². The minimum atomic E-state index is -0.690. The highest BCUT2D eigenvalue weighted by atomic mass is 79.9. The molecule has 1 aromatic rings. The van der Waals surface area contributed by atoms with Gasteiger partial charge in [-0.2, -0.15) is 0 Å². The van der Waals surface area contributed by atoms with E-state index in [9.17, 15) is 19.3 Å². The molecule has 0 aromatic heterocycles. The van der Waals surface area contributed by atoms with Crippen LogP contribution in [0.5, 0.6) is 0 Å². The highest BCUT2D eigenvalue weighted by Gasteiger charge is 2.39. The average Bonchev–Trinajstić information content (AvgIpc) is 2.95. The summed E-state index contributed by atoms with van der Waals surface area (Å²) in [5, 5.41) is 12.4.